The molecule has 1 rings (SSSR count). The van der Waals surface area contributed by atoms with Gasteiger partial charge in [-0.25, -0.2) is 19.4 Å². The molecule has 0 unspecified atom stereocenters. The van der Waals surface area contributed by atoms with Crippen molar-refractivity contribution in [3.63, 3.8) is 0 Å². The largest absolute Gasteiger partial charge is 0.464 e. The zero-order chi connectivity index (χ0) is 17.1. The minimum atomic E-state index is -1.75. The number of nitrogens with one attached hydrogen (secondary N) is 1. The van der Waals surface area contributed by atoms with Crippen molar-refractivity contribution in [3.05, 3.63) is 17.3 Å². The second-order valence-electron chi connectivity index (χ2n) is 5.06. The summed E-state index contributed by atoms with van der Waals surface area (Å²) in [5.41, 5.74) is -0.580. The lowest BCUT2D eigenvalue weighted by Crippen LogP contribution is -2.35. The summed E-state index contributed by atoms with van der Waals surface area (Å²) in [5.74, 6) is -0.489. The summed E-state index contributed by atoms with van der Waals surface area (Å²) in [4.78, 5) is 36.9. The van der Waals surface area contributed by atoms with Crippen molar-refractivity contribution in [1.29, 1.82) is 0 Å². The molecule has 0 spiro atoms. The van der Waals surface area contributed by atoms with E-state index in [0.29, 0.717) is 0 Å². The van der Waals surface area contributed by atoms with Gasteiger partial charge in [0.15, 0.2) is 5.82 Å². The highest BCUT2D eigenvalue weighted by atomic mass is 35.5. The Morgan fingerprint density at radius 1 is 1.27 bits per heavy atom. The number of anilines is 2. The van der Waals surface area contributed by atoms with Gasteiger partial charge in [0.1, 0.15) is 5.60 Å². The quantitative estimate of drug-likeness (QED) is 0.758. The third-order valence-corrected chi connectivity index (χ3v) is 2.34. The lowest BCUT2D eigenvalue weighted by molar-refractivity contribution is 0.0635. The molecule has 0 atom stereocenters. The number of carbonyl (C=O) groups excluding carboxylic acids is 1. The van der Waals surface area contributed by atoms with Crippen LogP contribution in [0.5, 0.6) is 0 Å². The van der Waals surface area contributed by atoms with E-state index in [1.165, 1.54) is 0 Å². The number of pyridine rings is 1. The first-order chi connectivity index (χ1) is 10.0. The molecule has 0 aliphatic rings. The summed E-state index contributed by atoms with van der Waals surface area (Å²) in [7, 11) is 0. The highest BCUT2D eigenvalue weighted by Crippen LogP contribution is 2.26. The van der Waals surface area contributed by atoms with Crippen LogP contribution in [0.4, 0.5) is 25.9 Å². The highest BCUT2D eigenvalue weighted by molar-refractivity contribution is 6.34. The molecule has 0 bridgehead atoms. The van der Waals surface area contributed by atoms with E-state index in [9.17, 15) is 14.4 Å². The molecule has 0 radical (unpaired) electrons. The smallest absolute Gasteiger partial charge is 0.422 e. The van der Waals surface area contributed by atoms with Crippen LogP contribution in [0.2, 0.25) is 5.02 Å². The fourth-order valence-corrected chi connectivity index (χ4v) is 1.60. The number of carboxylic acid groups (broad SMARTS) is 2. The maximum atomic E-state index is 11.6. The number of aromatic nitrogens is 1. The molecule has 3 N–H and O–H groups in total. The van der Waals surface area contributed by atoms with Crippen molar-refractivity contribution in [2.75, 3.05) is 10.2 Å². The number of halogens is 1. The van der Waals surface area contributed by atoms with Gasteiger partial charge in [-0.2, -0.15) is 4.90 Å². The minimum absolute atomic E-state index is 0.0421. The van der Waals surface area contributed by atoms with Gasteiger partial charge in [-0.15, -0.1) is 0 Å². The van der Waals surface area contributed by atoms with Crippen molar-refractivity contribution in [2.45, 2.75) is 26.4 Å². The molecule has 0 aliphatic carbocycles. The van der Waals surface area contributed by atoms with Crippen molar-refractivity contribution < 1.29 is 29.3 Å². The monoisotopic (exact) mass is 331 g/mol. The van der Waals surface area contributed by atoms with Crippen LogP contribution in [-0.2, 0) is 4.74 Å². The fourth-order valence-electron chi connectivity index (χ4n) is 1.35. The number of nitrogens with zero attached hydrogens (tertiary/aromatic N) is 2. The number of rotatable bonds is 2. The Labute approximate surface area is 130 Å². The molecular formula is C12H14ClN3O6. The number of ether oxygens (including phenoxy) is 1. The summed E-state index contributed by atoms with van der Waals surface area (Å²) < 4.78 is 5.02. The Balaban J connectivity index is 2.97. The number of hydrogen-bond acceptors (Lipinski definition) is 5. The van der Waals surface area contributed by atoms with E-state index >= 15 is 0 Å². The minimum Gasteiger partial charge on any atom is -0.464 e. The van der Waals surface area contributed by atoms with E-state index in [0.717, 1.165) is 12.3 Å². The summed E-state index contributed by atoms with van der Waals surface area (Å²) in [6.45, 7) is 5.04. The Kier molecular flexibility index (Phi) is 5.15. The van der Waals surface area contributed by atoms with Gasteiger partial charge in [0.25, 0.3) is 0 Å². The van der Waals surface area contributed by atoms with Gasteiger partial charge in [-0.1, -0.05) is 11.6 Å². The molecule has 1 heterocycles. The molecule has 120 valence electrons. The van der Waals surface area contributed by atoms with Crippen LogP contribution in [0.15, 0.2) is 12.3 Å². The van der Waals surface area contributed by atoms with Gasteiger partial charge in [-0.05, 0) is 26.8 Å². The molecule has 0 aliphatic heterocycles. The molecule has 1 aromatic heterocycles. The molecule has 0 saturated heterocycles. The van der Waals surface area contributed by atoms with E-state index < -0.39 is 29.7 Å². The second-order valence-corrected chi connectivity index (χ2v) is 5.46. The highest BCUT2D eigenvalue weighted by Gasteiger charge is 2.26. The van der Waals surface area contributed by atoms with Gasteiger partial charge >= 0.3 is 18.3 Å². The summed E-state index contributed by atoms with van der Waals surface area (Å²) in [6, 6.07) is 1.16. The zero-order valence-electron chi connectivity index (χ0n) is 12.0. The van der Waals surface area contributed by atoms with Crippen molar-refractivity contribution in [1.82, 2.24) is 4.98 Å². The predicted octanol–water partition coefficient (Wildman–Crippen LogP) is 3.24. The lowest BCUT2D eigenvalue weighted by Gasteiger charge is -2.20. The molecule has 1 aromatic rings. The van der Waals surface area contributed by atoms with Crippen molar-refractivity contribution in [3.8, 4) is 0 Å². The SMILES string of the molecule is CC(C)(C)OC(=O)Nc1cnc(N(C(=O)O)C(=O)O)c(Cl)c1. The number of carbonyl (C=O) groups is 3. The van der Waals surface area contributed by atoms with Gasteiger partial charge < -0.3 is 14.9 Å². The maximum Gasteiger partial charge on any atom is 0.422 e. The Bertz CT molecular complexity index is 599. The molecule has 0 saturated carbocycles. The fraction of sp³-hybridized carbons (Fsp3) is 0.333. The molecule has 22 heavy (non-hydrogen) atoms. The van der Waals surface area contributed by atoms with Crippen LogP contribution >= 0.6 is 11.6 Å². The molecule has 0 aromatic carbocycles. The molecule has 9 nitrogen and oxygen atoms in total. The van der Waals surface area contributed by atoms with Crippen LogP contribution in [0.1, 0.15) is 20.8 Å². The van der Waals surface area contributed by atoms with Gasteiger partial charge in [-0.3, -0.25) is 5.32 Å². The van der Waals surface area contributed by atoms with E-state index in [1.807, 2.05) is 0 Å². The van der Waals surface area contributed by atoms with E-state index in [1.54, 1.807) is 20.8 Å². The number of hydrogen-bond donors (Lipinski definition) is 3. The van der Waals surface area contributed by atoms with Crippen LogP contribution in [0, 0.1) is 0 Å². The molecule has 10 heteroatoms. The number of imide groups is 1. The van der Waals surface area contributed by atoms with Crippen LogP contribution in [0.25, 0.3) is 0 Å². The molecular weight excluding hydrogens is 318 g/mol. The Morgan fingerprint density at radius 3 is 2.23 bits per heavy atom. The van der Waals surface area contributed by atoms with E-state index in [2.05, 4.69) is 10.3 Å². The molecule has 0 fully saturated rings. The summed E-state index contributed by atoms with van der Waals surface area (Å²) in [5, 5.41) is 19.7. The first-order valence-corrected chi connectivity index (χ1v) is 6.30. The van der Waals surface area contributed by atoms with Crippen molar-refractivity contribution >= 4 is 41.4 Å². The Morgan fingerprint density at radius 2 is 1.82 bits per heavy atom. The summed E-state index contributed by atoms with van der Waals surface area (Å²) in [6.07, 6.45) is -3.21. The van der Waals surface area contributed by atoms with Gasteiger partial charge in [0.05, 0.1) is 16.9 Å². The molecule has 3 amide bonds. The van der Waals surface area contributed by atoms with E-state index in [4.69, 9.17) is 26.6 Å². The van der Waals surface area contributed by atoms with Crippen LogP contribution in [0.3, 0.4) is 0 Å². The van der Waals surface area contributed by atoms with Gasteiger partial charge in [0, 0.05) is 0 Å². The third kappa shape index (κ3) is 4.77. The standard InChI is InChI=1S/C12H14ClN3O6/c1-12(2,3)22-9(17)15-6-4-7(13)8(14-5-6)16(10(18)19)11(20)21/h4-5H,1-3H3,(H,15,17)(H,18,19)(H,20,21). The average molecular weight is 332 g/mol. The average Bonchev–Trinajstić information content (AvgIpc) is 2.28. The third-order valence-electron chi connectivity index (χ3n) is 2.06. The normalized spacial score (nSPS) is 10.7. The lowest BCUT2D eigenvalue weighted by atomic mass is 10.2. The van der Waals surface area contributed by atoms with E-state index in [-0.39, 0.29) is 15.6 Å². The van der Waals surface area contributed by atoms with Crippen LogP contribution < -0.4 is 10.2 Å². The first-order valence-electron chi connectivity index (χ1n) is 5.93. The summed E-state index contributed by atoms with van der Waals surface area (Å²) >= 11 is 5.81. The zero-order valence-corrected chi connectivity index (χ0v) is 12.7. The topological polar surface area (TPSA) is 129 Å². The van der Waals surface area contributed by atoms with Crippen LogP contribution in [-0.4, -0.2) is 39.1 Å². The van der Waals surface area contributed by atoms with Gasteiger partial charge in [0.2, 0.25) is 0 Å². The predicted molar refractivity (Wildman–Crippen MR) is 77.6 cm³/mol. The number of amides is 3. The first kappa shape index (κ1) is 17.5. The maximum absolute atomic E-state index is 11.6. The van der Waals surface area contributed by atoms with Crippen molar-refractivity contribution in [2.24, 2.45) is 0 Å². The Hall–Kier alpha value is -2.55. The second kappa shape index (κ2) is 6.48.